The number of hydrogen-bond donors (Lipinski definition) is 0. The van der Waals surface area contributed by atoms with E-state index in [1.807, 2.05) is 13.0 Å². The molecule has 14 heavy (non-hydrogen) atoms. The zero-order valence-electron chi connectivity index (χ0n) is 7.86. The number of carbonyl (C=O) groups excluding carboxylic acids is 1. The monoisotopic (exact) mass is 227 g/mol. The molecule has 0 saturated heterocycles. The van der Waals surface area contributed by atoms with Gasteiger partial charge in [-0.25, -0.2) is 4.79 Å². The number of thiophene rings is 1. The van der Waals surface area contributed by atoms with Gasteiger partial charge in [-0.2, -0.15) is 4.37 Å². The molecule has 2 aromatic heterocycles. The van der Waals surface area contributed by atoms with Gasteiger partial charge in [0.25, 0.3) is 0 Å². The van der Waals surface area contributed by atoms with E-state index in [4.69, 9.17) is 4.74 Å². The molecule has 2 rings (SSSR count). The van der Waals surface area contributed by atoms with Crippen LogP contribution in [-0.2, 0) is 4.74 Å². The van der Waals surface area contributed by atoms with Crippen molar-refractivity contribution in [3.8, 4) is 0 Å². The summed E-state index contributed by atoms with van der Waals surface area (Å²) >= 11 is 2.88. The molecule has 74 valence electrons. The Balaban J connectivity index is 2.40. The molecule has 0 aliphatic rings. The van der Waals surface area contributed by atoms with Crippen LogP contribution in [0.15, 0.2) is 6.07 Å². The fourth-order valence-corrected chi connectivity index (χ4v) is 3.14. The van der Waals surface area contributed by atoms with E-state index in [2.05, 4.69) is 4.37 Å². The van der Waals surface area contributed by atoms with Gasteiger partial charge in [-0.3, -0.25) is 0 Å². The van der Waals surface area contributed by atoms with Crippen molar-refractivity contribution in [3.63, 3.8) is 0 Å². The Kier molecular flexibility index (Phi) is 2.52. The molecular weight excluding hydrogens is 218 g/mol. The van der Waals surface area contributed by atoms with Crippen LogP contribution in [0.3, 0.4) is 0 Å². The van der Waals surface area contributed by atoms with Crippen LogP contribution in [0, 0.1) is 6.92 Å². The van der Waals surface area contributed by atoms with Gasteiger partial charge in [-0.05, 0) is 31.4 Å². The average Bonchev–Trinajstić information content (AvgIpc) is 2.69. The Morgan fingerprint density at radius 1 is 1.64 bits per heavy atom. The topological polar surface area (TPSA) is 39.2 Å². The Morgan fingerprint density at radius 3 is 3.07 bits per heavy atom. The second-order valence-corrected chi connectivity index (χ2v) is 4.88. The standard InChI is InChI=1S/C9H9NO2S2/c1-3-12-8(11)7-4-6-5(2)10-14-9(6)13-7/h4H,3H2,1-2H3. The van der Waals surface area contributed by atoms with Crippen LogP contribution >= 0.6 is 22.9 Å². The summed E-state index contributed by atoms with van der Waals surface area (Å²) in [6.07, 6.45) is 0. The lowest BCUT2D eigenvalue weighted by molar-refractivity contribution is 0.0532. The Labute approximate surface area is 89.5 Å². The van der Waals surface area contributed by atoms with E-state index in [-0.39, 0.29) is 5.97 Å². The Morgan fingerprint density at radius 2 is 2.43 bits per heavy atom. The number of carbonyl (C=O) groups is 1. The predicted molar refractivity (Wildman–Crippen MR) is 58.2 cm³/mol. The molecule has 3 nitrogen and oxygen atoms in total. The highest BCUT2D eigenvalue weighted by Crippen LogP contribution is 2.31. The normalized spacial score (nSPS) is 10.7. The smallest absolute Gasteiger partial charge is 0.348 e. The maximum atomic E-state index is 11.4. The molecule has 0 aliphatic carbocycles. The first-order valence-electron chi connectivity index (χ1n) is 4.25. The van der Waals surface area contributed by atoms with E-state index in [9.17, 15) is 4.79 Å². The summed E-state index contributed by atoms with van der Waals surface area (Å²) < 4.78 is 10.2. The fraction of sp³-hybridized carbons (Fsp3) is 0.333. The van der Waals surface area contributed by atoms with Gasteiger partial charge in [-0.15, -0.1) is 11.3 Å². The van der Waals surface area contributed by atoms with Crippen LogP contribution in [0.25, 0.3) is 9.40 Å². The van der Waals surface area contributed by atoms with Gasteiger partial charge in [0.1, 0.15) is 8.89 Å². The van der Waals surface area contributed by atoms with Crippen LogP contribution in [0.4, 0.5) is 0 Å². The summed E-state index contributed by atoms with van der Waals surface area (Å²) in [5.41, 5.74) is 0.983. The second kappa shape index (κ2) is 3.67. The maximum Gasteiger partial charge on any atom is 0.348 e. The van der Waals surface area contributed by atoms with Crippen molar-refractivity contribution in [1.82, 2.24) is 4.37 Å². The quantitative estimate of drug-likeness (QED) is 0.740. The van der Waals surface area contributed by atoms with E-state index < -0.39 is 0 Å². The molecule has 5 heteroatoms. The lowest BCUT2D eigenvalue weighted by Crippen LogP contribution is -2.01. The van der Waals surface area contributed by atoms with E-state index in [0.717, 1.165) is 15.1 Å². The maximum absolute atomic E-state index is 11.4. The highest BCUT2D eigenvalue weighted by atomic mass is 32.2. The summed E-state index contributed by atoms with van der Waals surface area (Å²) in [7, 11) is 0. The Bertz CT molecular complexity index is 472. The number of esters is 1. The van der Waals surface area contributed by atoms with Crippen LogP contribution in [0.1, 0.15) is 22.3 Å². The van der Waals surface area contributed by atoms with Crippen molar-refractivity contribution in [1.29, 1.82) is 0 Å². The molecular formula is C9H9NO2S2. The third kappa shape index (κ3) is 1.53. The van der Waals surface area contributed by atoms with Crippen LogP contribution in [0.5, 0.6) is 0 Å². The molecule has 0 N–H and O–H groups in total. The minimum atomic E-state index is -0.236. The van der Waals surface area contributed by atoms with Crippen molar-refractivity contribution < 1.29 is 9.53 Å². The van der Waals surface area contributed by atoms with Gasteiger partial charge < -0.3 is 4.74 Å². The van der Waals surface area contributed by atoms with Crippen LogP contribution in [-0.4, -0.2) is 16.9 Å². The van der Waals surface area contributed by atoms with Crippen LogP contribution in [0.2, 0.25) is 0 Å². The average molecular weight is 227 g/mol. The van der Waals surface area contributed by atoms with Crippen LogP contribution < -0.4 is 0 Å². The van der Waals surface area contributed by atoms with Gasteiger partial charge in [0.2, 0.25) is 0 Å². The molecule has 0 fully saturated rings. The molecule has 0 amide bonds. The molecule has 2 heterocycles. The largest absolute Gasteiger partial charge is 0.462 e. The molecule has 0 unspecified atom stereocenters. The molecule has 0 atom stereocenters. The number of aryl methyl sites for hydroxylation is 1. The highest BCUT2D eigenvalue weighted by Gasteiger charge is 2.13. The first-order valence-corrected chi connectivity index (χ1v) is 5.84. The summed E-state index contributed by atoms with van der Waals surface area (Å²) in [6, 6.07) is 1.86. The van der Waals surface area contributed by atoms with Gasteiger partial charge in [0, 0.05) is 5.39 Å². The number of ether oxygens (including phenoxy) is 1. The SMILES string of the molecule is CCOC(=O)c1cc2c(C)nsc2s1. The minimum absolute atomic E-state index is 0.236. The van der Waals surface area contributed by atoms with Crippen molar-refractivity contribution in [2.24, 2.45) is 0 Å². The number of aromatic nitrogens is 1. The summed E-state index contributed by atoms with van der Waals surface area (Å²) in [4.78, 5) is 12.1. The minimum Gasteiger partial charge on any atom is -0.462 e. The van der Waals surface area contributed by atoms with Crippen molar-refractivity contribution in [2.75, 3.05) is 6.61 Å². The lowest BCUT2D eigenvalue weighted by atomic mass is 10.3. The molecule has 0 aliphatic heterocycles. The first-order chi connectivity index (χ1) is 6.72. The highest BCUT2D eigenvalue weighted by molar-refractivity contribution is 7.36. The number of fused-ring (bicyclic) bond motifs is 1. The number of hydrogen-bond acceptors (Lipinski definition) is 5. The predicted octanol–water partition coefficient (Wildman–Crippen LogP) is 2.84. The zero-order valence-corrected chi connectivity index (χ0v) is 9.50. The second-order valence-electron chi connectivity index (χ2n) is 2.80. The Hall–Kier alpha value is -0.940. The van der Waals surface area contributed by atoms with Gasteiger partial charge in [0.15, 0.2) is 0 Å². The summed E-state index contributed by atoms with van der Waals surface area (Å²) in [6.45, 7) is 4.17. The van der Waals surface area contributed by atoms with E-state index >= 15 is 0 Å². The van der Waals surface area contributed by atoms with E-state index in [0.29, 0.717) is 11.5 Å². The number of nitrogens with zero attached hydrogens (tertiary/aromatic N) is 1. The van der Waals surface area contributed by atoms with Gasteiger partial charge in [0.05, 0.1) is 12.3 Å². The van der Waals surface area contributed by atoms with E-state index in [1.165, 1.54) is 22.9 Å². The molecule has 0 aromatic carbocycles. The molecule has 0 radical (unpaired) electrons. The van der Waals surface area contributed by atoms with Crippen molar-refractivity contribution in [2.45, 2.75) is 13.8 Å². The van der Waals surface area contributed by atoms with Gasteiger partial charge in [-0.1, -0.05) is 0 Å². The molecule has 0 saturated carbocycles. The lowest BCUT2D eigenvalue weighted by Gasteiger charge is -1.96. The first kappa shape index (κ1) is 9.61. The summed E-state index contributed by atoms with van der Waals surface area (Å²) in [5.74, 6) is -0.236. The zero-order chi connectivity index (χ0) is 10.1. The molecule has 0 bridgehead atoms. The molecule has 2 aromatic rings. The van der Waals surface area contributed by atoms with Crippen molar-refractivity contribution in [3.05, 3.63) is 16.6 Å². The third-order valence-electron chi connectivity index (χ3n) is 1.83. The van der Waals surface area contributed by atoms with Gasteiger partial charge >= 0.3 is 5.97 Å². The third-order valence-corrected chi connectivity index (χ3v) is 3.96. The molecule has 0 spiro atoms. The summed E-state index contributed by atoms with van der Waals surface area (Å²) in [5, 5.41) is 1.07. The fourth-order valence-electron chi connectivity index (χ4n) is 1.16. The number of rotatable bonds is 2. The van der Waals surface area contributed by atoms with E-state index in [1.54, 1.807) is 6.92 Å². The van der Waals surface area contributed by atoms with Crippen molar-refractivity contribution >= 4 is 38.2 Å².